The quantitative estimate of drug-likeness (QED) is 0.498. The molecule has 1 aromatic carbocycles. The third kappa shape index (κ3) is 2.98. The minimum absolute atomic E-state index is 0.448. The van der Waals surface area contributed by atoms with E-state index < -0.39 is 8.07 Å². The zero-order chi connectivity index (χ0) is 14.0. The Bertz CT molecular complexity index is 502. The van der Waals surface area contributed by atoms with E-state index in [0.717, 1.165) is 0 Å². The van der Waals surface area contributed by atoms with Gasteiger partial charge in [-0.05, 0) is 28.7 Å². The first-order valence-corrected chi connectivity index (χ1v) is 10.6. The maximum Gasteiger partial charge on any atom is 0.0522 e. The molecule has 1 aromatic rings. The fraction of sp³-hybridized carbons (Fsp3) is 0.333. The van der Waals surface area contributed by atoms with E-state index in [0.29, 0.717) is 11.5 Å². The molecule has 1 aliphatic carbocycles. The van der Waals surface area contributed by atoms with Crippen LogP contribution in [-0.2, 0) is 0 Å². The maximum absolute atomic E-state index is 4.23. The fourth-order valence-electron chi connectivity index (χ4n) is 2.92. The van der Waals surface area contributed by atoms with Gasteiger partial charge in [0.05, 0.1) is 8.07 Å². The number of benzene rings is 1. The molecule has 0 aliphatic heterocycles. The van der Waals surface area contributed by atoms with Gasteiger partial charge < -0.3 is 0 Å². The van der Waals surface area contributed by atoms with Gasteiger partial charge in [0.2, 0.25) is 0 Å². The van der Waals surface area contributed by atoms with E-state index in [-0.39, 0.29) is 0 Å². The Kier molecular flexibility index (Phi) is 3.95. The van der Waals surface area contributed by atoms with Crippen LogP contribution in [-0.4, -0.2) is 8.07 Å². The number of hydrogen-bond donors (Lipinski definition) is 0. The molecule has 1 aliphatic rings. The van der Waals surface area contributed by atoms with Crippen molar-refractivity contribution in [3.8, 4) is 0 Å². The van der Waals surface area contributed by atoms with Crippen molar-refractivity contribution < 1.29 is 0 Å². The van der Waals surface area contributed by atoms with Crippen LogP contribution in [0.2, 0.25) is 25.2 Å². The van der Waals surface area contributed by atoms with Gasteiger partial charge in [-0.1, -0.05) is 68.7 Å². The molecule has 0 bridgehead atoms. The number of rotatable bonds is 3. The first-order valence-electron chi connectivity index (χ1n) is 7.02. The topological polar surface area (TPSA) is 0 Å². The average Bonchev–Trinajstić information content (AvgIpc) is 2.38. The Balaban J connectivity index is 2.48. The van der Waals surface area contributed by atoms with Crippen molar-refractivity contribution in [3.63, 3.8) is 0 Å². The van der Waals surface area contributed by atoms with Crippen LogP contribution < -0.4 is 0 Å². The van der Waals surface area contributed by atoms with Crippen molar-refractivity contribution in [2.75, 3.05) is 0 Å². The molecule has 0 saturated heterocycles. The predicted octanol–water partition coefficient (Wildman–Crippen LogP) is 5.54. The monoisotopic (exact) mass is 268 g/mol. The lowest BCUT2D eigenvalue weighted by Crippen LogP contribution is -2.32. The van der Waals surface area contributed by atoms with Gasteiger partial charge in [0.25, 0.3) is 0 Å². The first-order chi connectivity index (χ1) is 8.93. The predicted molar refractivity (Wildman–Crippen MR) is 89.0 cm³/mol. The zero-order valence-electron chi connectivity index (χ0n) is 12.3. The molecular weight excluding hydrogens is 244 g/mol. The van der Waals surface area contributed by atoms with Gasteiger partial charge in [-0.25, -0.2) is 0 Å². The lowest BCUT2D eigenvalue weighted by atomic mass is 9.83. The molecule has 0 N–H and O–H groups in total. The highest BCUT2D eigenvalue weighted by Gasteiger charge is 2.35. The summed E-state index contributed by atoms with van der Waals surface area (Å²) >= 11 is 0. The van der Waals surface area contributed by atoms with E-state index in [2.05, 4.69) is 75.3 Å². The standard InChI is InChI=1S/C18H24Si/c1-6-15-13-18(19(3,4)5)17(12-14(15)2)16-10-8-7-9-11-16/h6-12,15,18H,1-2,13H2,3-5H3/t15-,18+/m1/s1. The highest BCUT2D eigenvalue weighted by atomic mass is 28.3. The summed E-state index contributed by atoms with van der Waals surface area (Å²) in [5, 5.41) is 0. The molecule has 0 saturated carbocycles. The molecular formula is C18H24Si. The fourth-order valence-corrected chi connectivity index (χ4v) is 5.07. The van der Waals surface area contributed by atoms with Gasteiger partial charge >= 0.3 is 0 Å². The normalized spacial score (nSPS) is 23.9. The Morgan fingerprint density at radius 2 is 1.79 bits per heavy atom. The Morgan fingerprint density at radius 3 is 2.32 bits per heavy atom. The van der Waals surface area contributed by atoms with E-state index in [1.807, 2.05) is 0 Å². The summed E-state index contributed by atoms with van der Waals surface area (Å²) in [5.74, 6) is 0.448. The molecule has 100 valence electrons. The largest absolute Gasteiger partial charge is 0.102 e. The van der Waals surface area contributed by atoms with E-state index in [1.165, 1.54) is 23.1 Å². The van der Waals surface area contributed by atoms with Gasteiger partial charge in [0.15, 0.2) is 0 Å². The molecule has 0 aromatic heterocycles. The van der Waals surface area contributed by atoms with Crippen LogP contribution in [0.5, 0.6) is 0 Å². The molecule has 1 heteroatoms. The van der Waals surface area contributed by atoms with Crippen LogP contribution in [0.25, 0.3) is 5.57 Å². The number of hydrogen-bond acceptors (Lipinski definition) is 0. The van der Waals surface area contributed by atoms with Crippen molar-refractivity contribution in [1.29, 1.82) is 0 Å². The Morgan fingerprint density at radius 1 is 1.16 bits per heavy atom. The third-order valence-electron chi connectivity index (χ3n) is 4.12. The molecule has 0 unspecified atom stereocenters. The molecule has 0 nitrogen and oxygen atoms in total. The van der Waals surface area contributed by atoms with Crippen LogP contribution in [0.15, 0.2) is 61.2 Å². The molecule has 0 radical (unpaired) electrons. The van der Waals surface area contributed by atoms with Crippen molar-refractivity contribution in [2.45, 2.75) is 31.6 Å². The molecule has 0 spiro atoms. The SMILES string of the molecule is C=C[C@@H]1C[C@H]([Si](C)(C)C)C(c2ccccc2)=CC1=C. The molecule has 0 heterocycles. The van der Waals surface area contributed by atoms with Gasteiger partial charge in [-0.2, -0.15) is 0 Å². The van der Waals surface area contributed by atoms with Crippen LogP contribution in [0.3, 0.4) is 0 Å². The minimum Gasteiger partial charge on any atom is -0.102 e. The highest BCUT2D eigenvalue weighted by Crippen LogP contribution is 2.46. The summed E-state index contributed by atoms with van der Waals surface area (Å²) in [4.78, 5) is 0. The smallest absolute Gasteiger partial charge is 0.0522 e. The summed E-state index contributed by atoms with van der Waals surface area (Å²) < 4.78 is 0. The van der Waals surface area contributed by atoms with Gasteiger partial charge in [-0.15, -0.1) is 6.58 Å². The molecule has 0 amide bonds. The van der Waals surface area contributed by atoms with E-state index >= 15 is 0 Å². The van der Waals surface area contributed by atoms with Gasteiger partial charge in [0, 0.05) is 5.92 Å². The van der Waals surface area contributed by atoms with E-state index in [9.17, 15) is 0 Å². The van der Waals surface area contributed by atoms with Crippen molar-refractivity contribution in [1.82, 2.24) is 0 Å². The summed E-state index contributed by atoms with van der Waals surface area (Å²) in [6.07, 6.45) is 5.56. The summed E-state index contributed by atoms with van der Waals surface area (Å²) in [5.41, 5.74) is 4.74. The molecule has 19 heavy (non-hydrogen) atoms. The molecule has 0 fully saturated rings. The van der Waals surface area contributed by atoms with Crippen LogP contribution in [0, 0.1) is 5.92 Å². The van der Waals surface area contributed by atoms with Crippen molar-refractivity contribution in [3.05, 3.63) is 66.8 Å². The van der Waals surface area contributed by atoms with Crippen molar-refractivity contribution >= 4 is 13.6 Å². The lowest BCUT2D eigenvalue weighted by Gasteiger charge is -2.37. The first kappa shape index (κ1) is 14.1. The van der Waals surface area contributed by atoms with Crippen molar-refractivity contribution in [2.24, 2.45) is 5.92 Å². The highest BCUT2D eigenvalue weighted by molar-refractivity contribution is 6.79. The Hall–Kier alpha value is -1.34. The second kappa shape index (κ2) is 5.34. The third-order valence-corrected chi connectivity index (χ3v) is 6.76. The summed E-state index contributed by atoms with van der Waals surface area (Å²) in [6.45, 7) is 15.6. The van der Waals surface area contributed by atoms with E-state index in [1.54, 1.807) is 0 Å². The van der Waals surface area contributed by atoms with Crippen LogP contribution in [0.1, 0.15) is 12.0 Å². The number of allylic oxidation sites excluding steroid dienone is 4. The van der Waals surface area contributed by atoms with E-state index in [4.69, 9.17) is 0 Å². The van der Waals surface area contributed by atoms with Gasteiger partial charge in [-0.3, -0.25) is 0 Å². The molecule has 2 rings (SSSR count). The minimum atomic E-state index is -1.25. The van der Waals surface area contributed by atoms with Gasteiger partial charge in [0.1, 0.15) is 0 Å². The van der Waals surface area contributed by atoms with Crippen LogP contribution in [0.4, 0.5) is 0 Å². The summed E-state index contributed by atoms with van der Waals surface area (Å²) in [6, 6.07) is 10.8. The lowest BCUT2D eigenvalue weighted by molar-refractivity contribution is 0.677. The maximum atomic E-state index is 4.23. The summed E-state index contributed by atoms with van der Waals surface area (Å²) in [7, 11) is -1.25. The Labute approximate surface area is 118 Å². The second-order valence-electron chi connectivity index (χ2n) is 6.54. The molecule has 2 atom stereocenters. The van der Waals surface area contributed by atoms with Crippen LogP contribution >= 0.6 is 0 Å². The second-order valence-corrected chi connectivity index (χ2v) is 12.0. The zero-order valence-corrected chi connectivity index (χ0v) is 13.3. The average molecular weight is 268 g/mol.